The van der Waals surface area contributed by atoms with Crippen molar-refractivity contribution < 1.29 is 12.9 Å². The van der Waals surface area contributed by atoms with Crippen LogP contribution in [0.1, 0.15) is 26.7 Å². The summed E-state index contributed by atoms with van der Waals surface area (Å²) >= 11 is 0. The van der Waals surface area contributed by atoms with Gasteiger partial charge in [-0.2, -0.15) is 0 Å². The van der Waals surface area contributed by atoms with E-state index in [1.807, 2.05) is 0 Å². The third kappa shape index (κ3) is 3.90. The van der Waals surface area contributed by atoms with Crippen molar-refractivity contribution in [1.82, 2.24) is 4.90 Å². The fourth-order valence-electron chi connectivity index (χ4n) is 2.09. The average molecular weight is 208 g/mol. The number of piperidine rings is 1. The number of rotatable bonds is 3. The molecule has 14 heavy (non-hydrogen) atoms. The highest BCUT2D eigenvalue weighted by Crippen LogP contribution is 2.25. The lowest BCUT2D eigenvalue weighted by Gasteiger charge is -2.36. The normalized spacial score (nSPS) is 21.9. The summed E-state index contributed by atoms with van der Waals surface area (Å²) in [7, 11) is 0. The van der Waals surface area contributed by atoms with Crippen LogP contribution in [0.4, 0.5) is 12.9 Å². The van der Waals surface area contributed by atoms with Gasteiger partial charge in [0.15, 0.2) is 0 Å². The molecule has 1 aliphatic heterocycles. The molecule has 1 fully saturated rings. The van der Waals surface area contributed by atoms with Gasteiger partial charge in [-0.15, -0.1) is 0 Å². The first-order valence-electron chi connectivity index (χ1n) is 5.32. The Hall–Kier alpha value is -0.185. The van der Waals surface area contributed by atoms with E-state index in [9.17, 15) is 12.9 Å². The summed E-state index contributed by atoms with van der Waals surface area (Å²) in [6, 6.07) is 0. The van der Waals surface area contributed by atoms with E-state index in [1.165, 1.54) is 0 Å². The van der Waals surface area contributed by atoms with Crippen molar-refractivity contribution in [1.29, 1.82) is 0 Å². The minimum atomic E-state index is -4.64. The first-order valence-corrected chi connectivity index (χ1v) is 5.32. The van der Waals surface area contributed by atoms with E-state index in [0.29, 0.717) is 24.9 Å². The molecular formula is C9H18BF3N-. The fourth-order valence-corrected chi connectivity index (χ4v) is 2.09. The largest absolute Gasteiger partial charge is 0.492 e. The quantitative estimate of drug-likeness (QED) is 0.644. The molecule has 0 aromatic heterocycles. The smallest absolute Gasteiger partial charge is 0.448 e. The summed E-state index contributed by atoms with van der Waals surface area (Å²) in [6.07, 6.45) is 1.17. The molecule has 1 nitrogen and oxygen atoms in total. The van der Waals surface area contributed by atoms with Crippen molar-refractivity contribution in [3.63, 3.8) is 0 Å². The zero-order valence-corrected chi connectivity index (χ0v) is 8.85. The predicted molar refractivity (Wildman–Crippen MR) is 53.1 cm³/mol. The van der Waals surface area contributed by atoms with Crippen LogP contribution in [-0.4, -0.2) is 31.4 Å². The Morgan fingerprint density at radius 1 is 1.21 bits per heavy atom. The molecule has 0 radical (unpaired) electrons. The third-order valence-electron chi connectivity index (χ3n) is 3.04. The van der Waals surface area contributed by atoms with E-state index in [1.54, 1.807) is 4.90 Å². The first kappa shape index (κ1) is 11.9. The molecule has 0 spiro atoms. The van der Waals surface area contributed by atoms with E-state index < -0.39 is 13.4 Å². The maximum absolute atomic E-state index is 12.1. The molecule has 0 amide bonds. The maximum atomic E-state index is 12.1. The average Bonchev–Trinajstić information content (AvgIpc) is 2.02. The Bertz CT molecular complexity index is 173. The van der Waals surface area contributed by atoms with Crippen LogP contribution >= 0.6 is 0 Å². The Kier molecular flexibility index (Phi) is 3.87. The Morgan fingerprint density at radius 3 is 2.07 bits per heavy atom. The number of hydrogen-bond acceptors (Lipinski definition) is 1. The van der Waals surface area contributed by atoms with Crippen LogP contribution in [0.5, 0.6) is 0 Å². The molecule has 1 aliphatic rings. The Balaban J connectivity index is 2.29. The molecule has 0 aliphatic carbocycles. The lowest BCUT2D eigenvalue weighted by molar-refractivity contribution is 0.165. The van der Waals surface area contributed by atoms with E-state index in [2.05, 4.69) is 13.8 Å². The number of halogens is 3. The summed E-state index contributed by atoms with van der Waals surface area (Å²) < 4.78 is 36.4. The van der Waals surface area contributed by atoms with Crippen molar-refractivity contribution in [2.24, 2.45) is 11.8 Å². The van der Waals surface area contributed by atoms with Gasteiger partial charge < -0.3 is 17.8 Å². The minimum absolute atomic E-state index is 0.605. The summed E-state index contributed by atoms with van der Waals surface area (Å²) in [5.74, 6) is 1.22. The van der Waals surface area contributed by atoms with Gasteiger partial charge in [0.1, 0.15) is 0 Å². The molecule has 0 saturated carbocycles. The van der Waals surface area contributed by atoms with Gasteiger partial charge in [0, 0.05) is 0 Å². The third-order valence-corrected chi connectivity index (χ3v) is 3.04. The molecule has 0 aromatic carbocycles. The van der Waals surface area contributed by atoms with E-state index in [0.717, 1.165) is 12.8 Å². The first-order chi connectivity index (χ1) is 6.38. The van der Waals surface area contributed by atoms with Gasteiger partial charge in [0.25, 0.3) is 0 Å². The van der Waals surface area contributed by atoms with Crippen LogP contribution < -0.4 is 0 Å². The zero-order valence-electron chi connectivity index (χ0n) is 8.85. The summed E-state index contributed by atoms with van der Waals surface area (Å²) in [5, 5.41) is 0. The Morgan fingerprint density at radius 2 is 1.71 bits per heavy atom. The van der Waals surface area contributed by atoms with Crippen LogP contribution in [-0.2, 0) is 0 Å². The lowest BCUT2D eigenvalue weighted by Crippen LogP contribution is -2.43. The van der Waals surface area contributed by atoms with Crippen LogP contribution in [0.15, 0.2) is 0 Å². The fraction of sp³-hybridized carbons (Fsp3) is 1.00. The molecule has 0 bridgehead atoms. The number of nitrogens with zero attached hydrogens (tertiary/aromatic N) is 1. The van der Waals surface area contributed by atoms with Gasteiger partial charge >= 0.3 is 6.98 Å². The highest BCUT2D eigenvalue weighted by atomic mass is 19.4. The van der Waals surface area contributed by atoms with Crippen LogP contribution in [0.25, 0.3) is 0 Å². The molecule has 1 heterocycles. The lowest BCUT2D eigenvalue weighted by atomic mass is 9.84. The predicted octanol–water partition coefficient (Wildman–Crippen LogP) is 2.74. The summed E-state index contributed by atoms with van der Waals surface area (Å²) in [6.45, 7) is 0.888. The van der Waals surface area contributed by atoms with Crippen molar-refractivity contribution in [3.05, 3.63) is 0 Å². The highest BCUT2D eigenvalue weighted by molar-refractivity contribution is 6.58. The van der Waals surface area contributed by atoms with Gasteiger partial charge in [-0.25, -0.2) is 0 Å². The Labute approximate surface area is 83.7 Å². The number of likely N-dealkylation sites (tertiary alicyclic amines) is 1. The second-order valence-corrected chi connectivity index (χ2v) is 4.59. The SMILES string of the molecule is CC(C)C1CCN(C[B-](F)(F)F)CC1. The zero-order chi connectivity index (χ0) is 10.8. The van der Waals surface area contributed by atoms with Gasteiger partial charge in [-0.05, 0) is 44.2 Å². The second-order valence-electron chi connectivity index (χ2n) is 4.59. The van der Waals surface area contributed by atoms with Crippen LogP contribution in [0, 0.1) is 11.8 Å². The van der Waals surface area contributed by atoms with Crippen LogP contribution in [0.3, 0.4) is 0 Å². The second kappa shape index (κ2) is 4.56. The molecular weight excluding hydrogens is 190 g/mol. The van der Waals surface area contributed by atoms with Gasteiger partial charge in [-0.1, -0.05) is 13.8 Å². The monoisotopic (exact) mass is 208 g/mol. The van der Waals surface area contributed by atoms with Crippen LogP contribution in [0.2, 0.25) is 0 Å². The molecule has 1 rings (SSSR count). The van der Waals surface area contributed by atoms with E-state index >= 15 is 0 Å². The maximum Gasteiger partial charge on any atom is 0.492 e. The summed E-state index contributed by atoms with van der Waals surface area (Å²) in [5.41, 5.74) is 0. The number of hydrogen-bond donors (Lipinski definition) is 0. The van der Waals surface area contributed by atoms with Gasteiger partial charge in [-0.3, -0.25) is 0 Å². The standard InChI is InChI=1S/C9H18BF3N/c1-8(2)9-3-5-14(6-4-9)7-10(11,12)13/h8-9H,3-7H2,1-2H3/q-1. The molecule has 84 valence electrons. The molecule has 0 N–H and O–H groups in total. The topological polar surface area (TPSA) is 3.24 Å². The van der Waals surface area contributed by atoms with Gasteiger partial charge in [0.05, 0.1) is 0 Å². The van der Waals surface area contributed by atoms with Crippen molar-refractivity contribution in [2.45, 2.75) is 26.7 Å². The summed E-state index contributed by atoms with van der Waals surface area (Å²) in [4.78, 5) is 1.54. The van der Waals surface area contributed by atoms with E-state index in [4.69, 9.17) is 0 Å². The molecule has 5 heteroatoms. The van der Waals surface area contributed by atoms with Crippen molar-refractivity contribution in [3.8, 4) is 0 Å². The molecule has 0 atom stereocenters. The van der Waals surface area contributed by atoms with E-state index in [-0.39, 0.29) is 0 Å². The van der Waals surface area contributed by atoms with Gasteiger partial charge in [0.2, 0.25) is 0 Å². The molecule has 0 unspecified atom stereocenters. The van der Waals surface area contributed by atoms with Crippen molar-refractivity contribution in [2.75, 3.05) is 19.5 Å². The minimum Gasteiger partial charge on any atom is -0.448 e. The van der Waals surface area contributed by atoms with Crippen molar-refractivity contribution >= 4 is 6.98 Å². The highest BCUT2D eigenvalue weighted by Gasteiger charge is 2.29. The molecule has 1 saturated heterocycles. The molecule has 0 aromatic rings.